The number of anilines is 1. The van der Waals surface area contributed by atoms with E-state index in [2.05, 4.69) is 36.4 Å². The molecular formula is C16H16BrFN6O. The van der Waals surface area contributed by atoms with Gasteiger partial charge in [0, 0.05) is 6.20 Å². The van der Waals surface area contributed by atoms with Crippen LogP contribution in [-0.2, 0) is 11.3 Å². The quantitative estimate of drug-likeness (QED) is 0.682. The molecule has 2 heterocycles. The molecule has 0 aliphatic rings. The van der Waals surface area contributed by atoms with Gasteiger partial charge in [-0.2, -0.15) is 5.10 Å². The molecule has 0 saturated heterocycles. The van der Waals surface area contributed by atoms with Crippen molar-refractivity contribution in [1.29, 1.82) is 0 Å². The van der Waals surface area contributed by atoms with Gasteiger partial charge in [0.15, 0.2) is 0 Å². The first kappa shape index (κ1) is 17.3. The summed E-state index contributed by atoms with van der Waals surface area (Å²) in [6.07, 6.45) is 5.43. The number of nitrogens with one attached hydrogen (secondary N) is 1. The minimum Gasteiger partial charge on any atom is -0.291 e. The number of hydrogen-bond acceptors (Lipinski definition) is 4. The van der Waals surface area contributed by atoms with Crippen LogP contribution in [0.15, 0.2) is 47.5 Å². The number of carbonyl (C=O) groups excluding carboxylic acids is 1. The monoisotopic (exact) mass is 406 g/mol. The van der Waals surface area contributed by atoms with Crippen LogP contribution in [0.1, 0.15) is 24.9 Å². The fraction of sp³-hybridized carbons (Fsp3) is 0.250. The van der Waals surface area contributed by atoms with E-state index >= 15 is 0 Å². The molecule has 1 atom stereocenters. The zero-order chi connectivity index (χ0) is 17.8. The van der Waals surface area contributed by atoms with Crippen LogP contribution in [0.5, 0.6) is 0 Å². The second-order valence-corrected chi connectivity index (χ2v) is 6.36. The van der Waals surface area contributed by atoms with Crippen LogP contribution in [0.4, 0.5) is 10.3 Å². The Labute approximate surface area is 152 Å². The summed E-state index contributed by atoms with van der Waals surface area (Å²) in [5.74, 6) is -0.352. The standard InChI is InChI=1S/C16H16BrFN6O/c1-2-14(24-9-12(17)7-20-24)15(25)21-16-19-10-23(22-16)8-11-4-3-5-13(18)6-11/h3-7,9-10,14H,2,8H2,1H3,(H,21,22,25). The lowest BCUT2D eigenvalue weighted by Gasteiger charge is -2.13. The van der Waals surface area contributed by atoms with Crippen LogP contribution in [0.2, 0.25) is 0 Å². The van der Waals surface area contributed by atoms with E-state index in [0.717, 1.165) is 10.0 Å². The smallest absolute Gasteiger partial charge is 0.251 e. The maximum Gasteiger partial charge on any atom is 0.251 e. The first-order valence-electron chi connectivity index (χ1n) is 7.69. The van der Waals surface area contributed by atoms with Crippen LogP contribution in [-0.4, -0.2) is 30.5 Å². The lowest BCUT2D eigenvalue weighted by Crippen LogP contribution is -2.26. The molecule has 9 heteroatoms. The molecule has 1 N–H and O–H groups in total. The molecule has 2 aromatic heterocycles. The molecule has 0 saturated carbocycles. The summed E-state index contributed by atoms with van der Waals surface area (Å²) in [7, 11) is 0. The molecule has 0 spiro atoms. The predicted octanol–water partition coefficient (Wildman–Crippen LogP) is 3.01. The highest BCUT2D eigenvalue weighted by Crippen LogP contribution is 2.16. The van der Waals surface area contributed by atoms with E-state index in [4.69, 9.17) is 0 Å². The molecule has 3 rings (SSSR count). The molecule has 3 aromatic rings. The summed E-state index contributed by atoms with van der Waals surface area (Å²) in [5.41, 5.74) is 0.760. The lowest BCUT2D eigenvalue weighted by molar-refractivity contribution is -0.119. The Bertz CT molecular complexity index is 877. The van der Waals surface area contributed by atoms with Gasteiger partial charge in [-0.1, -0.05) is 19.1 Å². The first-order valence-corrected chi connectivity index (χ1v) is 8.49. The summed E-state index contributed by atoms with van der Waals surface area (Å²) in [6.45, 7) is 2.26. The third kappa shape index (κ3) is 4.30. The predicted molar refractivity (Wildman–Crippen MR) is 93.4 cm³/mol. The zero-order valence-electron chi connectivity index (χ0n) is 13.4. The number of amides is 1. The third-order valence-corrected chi connectivity index (χ3v) is 3.99. The third-order valence-electron chi connectivity index (χ3n) is 3.58. The summed E-state index contributed by atoms with van der Waals surface area (Å²) in [4.78, 5) is 16.5. The van der Waals surface area contributed by atoms with Crippen LogP contribution in [0.3, 0.4) is 0 Å². The highest BCUT2D eigenvalue weighted by molar-refractivity contribution is 9.10. The Morgan fingerprint density at radius 3 is 2.96 bits per heavy atom. The Morgan fingerprint density at radius 2 is 2.28 bits per heavy atom. The molecule has 0 fully saturated rings. The molecule has 130 valence electrons. The Hall–Kier alpha value is -2.55. The molecular weight excluding hydrogens is 391 g/mol. The maximum absolute atomic E-state index is 13.2. The summed E-state index contributed by atoms with van der Waals surface area (Å²) >= 11 is 3.32. The van der Waals surface area contributed by atoms with Crippen molar-refractivity contribution in [2.45, 2.75) is 25.9 Å². The van der Waals surface area contributed by atoms with Gasteiger partial charge in [-0.15, -0.1) is 5.10 Å². The van der Waals surface area contributed by atoms with Crippen molar-refractivity contribution in [2.75, 3.05) is 5.32 Å². The number of halogens is 2. The fourth-order valence-corrected chi connectivity index (χ4v) is 2.72. The van der Waals surface area contributed by atoms with Gasteiger partial charge in [-0.3, -0.25) is 14.8 Å². The average Bonchev–Trinajstić information content (AvgIpc) is 3.17. The first-order chi connectivity index (χ1) is 12.0. The molecule has 0 radical (unpaired) electrons. The maximum atomic E-state index is 13.2. The minimum atomic E-state index is -0.457. The van der Waals surface area contributed by atoms with Crippen LogP contribution in [0, 0.1) is 5.82 Å². The summed E-state index contributed by atoms with van der Waals surface area (Å²) in [6, 6.07) is 5.79. The van der Waals surface area contributed by atoms with E-state index in [9.17, 15) is 9.18 Å². The van der Waals surface area contributed by atoms with E-state index in [1.54, 1.807) is 29.2 Å². The Balaban J connectivity index is 1.67. The van der Waals surface area contributed by atoms with Gasteiger partial charge in [-0.05, 0) is 40.0 Å². The topological polar surface area (TPSA) is 77.6 Å². The molecule has 1 unspecified atom stereocenters. The Kier molecular flexibility index (Phi) is 5.22. The van der Waals surface area contributed by atoms with Gasteiger partial charge in [0.2, 0.25) is 5.95 Å². The second kappa shape index (κ2) is 7.56. The number of nitrogens with zero attached hydrogens (tertiary/aromatic N) is 5. The van der Waals surface area contributed by atoms with Crippen molar-refractivity contribution in [3.8, 4) is 0 Å². The normalized spacial score (nSPS) is 12.1. The van der Waals surface area contributed by atoms with Gasteiger partial charge in [-0.25, -0.2) is 14.1 Å². The van der Waals surface area contributed by atoms with Gasteiger partial charge < -0.3 is 0 Å². The van der Waals surface area contributed by atoms with Crippen LogP contribution < -0.4 is 5.32 Å². The summed E-state index contributed by atoms with van der Waals surface area (Å²) < 4.78 is 17.2. The molecule has 0 aliphatic carbocycles. The van der Waals surface area contributed by atoms with Gasteiger partial charge in [0.25, 0.3) is 5.91 Å². The number of carbonyl (C=O) groups is 1. The van der Waals surface area contributed by atoms with Crippen molar-refractivity contribution < 1.29 is 9.18 Å². The summed E-state index contributed by atoms with van der Waals surface area (Å²) in [5, 5.41) is 11.0. The highest BCUT2D eigenvalue weighted by atomic mass is 79.9. The van der Waals surface area contributed by atoms with Crippen molar-refractivity contribution in [3.05, 3.63) is 58.8 Å². The van der Waals surface area contributed by atoms with Crippen molar-refractivity contribution in [2.24, 2.45) is 0 Å². The SMILES string of the molecule is CCC(C(=O)Nc1ncn(Cc2cccc(F)c2)n1)n1cc(Br)cn1. The molecule has 1 amide bonds. The number of benzene rings is 1. The molecule has 0 aliphatic heterocycles. The zero-order valence-corrected chi connectivity index (χ0v) is 15.0. The molecule has 7 nitrogen and oxygen atoms in total. The van der Waals surface area contributed by atoms with E-state index in [-0.39, 0.29) is 17.7 Å². The van der Waals surface area contributed by atoms with E-state index in [1.807, 2.05) is 6.92 Å². The van der Waals surface area contributed by atoms with Crippen LogP contribution >= 0.6 is 15.9 Å². The van der Waals surface area contributed by atoms with E-state index < -0.39 is 6.04 Å². The largest absolute Gasteiger partial charge is 0.291 e. The van der Waals surface area contributed by atoms with Gasteiger partial charge >= 0.3 is 0 Å². The molecule has 0 bridgehead atoms. The van der Waals surface area contributed by atoms with E-state index in [0.29, 0.717) is 13.0 Å². The van der Waals surface area contributed by atoms with Gasteiger partial charge in [0.05, 0.1) is 17.2 Å². The minimum absolute atomic E-state index is 0.200. The van der Waals surface area contributed by atoms with E-state index in [1.165, 1.54) is 23.1 Å². The second-order valence-electron chi connectivity index (χ2n) is 5.45. The number of aromatic nitrogens is 5. The van der Waals surface area contributed by atoms with Crippen molar-refractivity contribution in [1.82, 2.24) is 24.5 Å². The lowest BCUT2D eigenvalue weighted by atomic mass is 10.2. The average molecular weight is 407 g/mol. The van der Waals surface area contributed by atoms with Crippen LogP contribution in [0.25, 0.3) is 0 Å². The fourth-order valence-electron chi connectivity index (χ4n) is 2.42. The van der Waals surface area contributed by atoms with Crippen molar-refractivity contribution >= 4 is 27.8 Å². The Morgan fingerprint density at radius 1 is 1.44 bits per heavy atom. The number of rotatable bonds is 6. The highest BCUT2D eigenvalue weighted by Gasteiger charge is 2.20. The molecule has 1 aromatic carbocycles. The van der Waals surface area contributed by atoms with Gasteiger partial charge in [0.1, 0.15) is 18.2 Å². The number of hydrogen-bond donors (Lipinski definition) is 1. The van der Waals surface area contributed by atoms with Crippen molar-refractivity contribution in [3.63, 3.8) is 0 Å². The molecule has 25 heavy (non-hydrogen) atoms.